The predicted molar refractivity (Wildman–Crippen MR) is 63.3 cm³/mol. The lowest BCUT2D eigenvalue weighted by molar-refractivity contribution is -0.0884. The standard InChI is InChI=1S/C11H5BrF3NO3/c12-4-1-2-6-5(3-4)7(8(16-6)10(18)19)9(17)11(13,14)15/h1-3,16H,(H,18,19). The van der Waals surface area contributed by atoms with Gasteiger partial charge in [0, 0.05) is 15.4 Å². The van der Waals surface area contributed by atoms with Crippen LogP contribution in [0.2, 0.25) is 0 Å². The van der Waals surface area contributed by atoms with Crippen molar-refractivity contribution in [2.75, 3.05) is 0 Å². The van der Waals surface area contributed by atoms with Gasteiger partial charge < -0.3 is 10.1 Å². The number of H-pyrrole nitrogens is 1. The van der Waals surface area contributed by atoms with Crippen LogP contribution in [0.1, 0.15) is 20.8 Å². The van der Waals surface area contributed by atoms with Crippen molar-refractivity contribution >= 4 is 38.6 Å². The van der Waals surface area contributed by atoms with Crippen LogP contribution in [0.15, 0.2) is 22.7 Å². The van der Waals surface area contributed by atoms with Gasteiger partial charge in [-0.15, -0.1) is 0 Å². The van der Waals surface area contributed by atoms with E-state index in [0.29, 0.717) is 4.47 Å². The van der Waals surface area contributed by atoms with Gasteiger partial charge in [0.05, 0.1) is 5.56 Å². The Morgan fingerprint density at radius 1 is 1.26 bits per heavy atom. The lowest BCUT2D eigenvalue weighted by atomic mass is 10.1. The number of fused-ring (bicyclic) bond motifs is 1. The van der Waals surface area contributed by atoms with Crippen molar-refractivity contribution < 1.29 is 27.9 Å². The quantitative estimate of drug-likeness (QED) is 0.826. The average molecular weight is 336 g/mol. The molecule has 0 fully saturated rings. The lowest BCUT2D eigenvalue weighted by Gasteiger charge is -2.05. The van der Waals surface area contributed by atoms with E-state index in [9.17, 15) is 22.8 Å². The monoisotopic (exact) mass is 335 g/mol. The van der Waals surface area contributed by atoms with E-state index in [1.54, 1.807) is 0 Å². The summed E-state index contributed by atoms with van der Waals surface area (Å²) < 4.78 is 38.0. The Labute approximate surface area is 112 Å². The van der Waals surface area contributed by atoms with Gasteiger partial charge in [-0.25, -0.2) is 4.79 Å². The number of halogens is 4. The highest BCUT2D eigenvalue weighted by atomic mass is 79.9. The summed E-state index contributed by atoms with van der Waals surface area (Å²) in [6.45, 7) is 0. The first-order valence-electron chi connectivity index (χ1n) is 4.88. The molecule has 0 aliphatic rings. The number of rotatable bonds is 2. The number of carbonyl (C=O) groups is 2. The number of Topliss-reactive ketones (excluding diaryl/α,β-unsaturated/α-hetero) is 1. The third-order valence-electron chi connectivity index (χ3n) is 2.46. The number of aromatic amines is 1. The summed E-state index contributed by atoms with van der Waals surface area (Å²) in [7, 11) is 0. The highest BCUT2D eigenvalue weighted by Gasteiger charge is 2.43. The molecule has 2 aromatic rings. The van der Waals surface area contributed by atoms with E-state index in [0.717, 1.165) is 0 Å². The van der Waals surface area contributed by atoms with Gasteiger partial charge in [-0.1, -0.05) is 15.9 Å². The van der Waals surface area contributed by atoms with E-state index in [4.69, 9.17) is 5.11 Å². The predicted octanol–water partition coefficient (Wildman–Crippen LogP) is 3.37. The Kier molecular flexibility index (Phi) is 3.13. The van der Waals surface area contributed by atoms with Gasteiger partial charge in [0.25, 0.3) is 5.78 Å². The maximum Gasteiger partial charge on any atom is 0.454 e. The number of nitrogens with one attached hydrogen (secondary N) is 1. The van der Waals surface area contributed by atoms with Crippen LogP contribution in [0.4, 0.5) is 13.2 Å². The zero-order valence-corrected chi connectivity index (χ0v) is 10.6. The van der Waals surface area contributed by atoms with Crippen LogP contribution in [0.3, 0.4) is 0 Å². The van der Waals surface area contributed by atoms with Crippen LogP contribution in [-0.2, 0) is 0 Å². The second-order valence-corrected chi connectivity index (χ2v) is 4.61. The summed E-state index contributed by atoms with van der Waals surface area (Å²) in [6, 6.07) is 4.17. The molecule has 0 saturated heterocycles. The molecule has 0 saturated carbocycles. The summed E-state index contributed by atoms with van der Waals surface area (Å²) in [5.74, 6) is -3.81. The molecule has 0 amide bonds. The molecule has 4 nitrogen and oxygen atoms in total. The third-order valence-corrected chi connectivity index (χ3v) is 2.95. The van der Waals surface area contributed by atoms with Crippen LogP contribution in [0, 0.1) is 0 Å². The van der Waals surface area contributed by atoms with Crippen LogP contribution in [0.25, 0.3) is 10.9 Å². The molecule has 8 heteroatoms. The van der Waals surface area contributed by atoms with Gasteiger partial charge in [-0.05, 0) is 18.2 Å². The molecule has 1 aromatic heterocycles. The molecule has 100 valence electrons. The molecule has 19 heavy (non-hydrogen) atoms. The molecular formula is C11H5BrF3NO3. The van der Waals surface area contributed by atoms with Crippen molar-refractivity contribution in [3.63, 3.8) is 0 Å². The highest BCUT2D eigenvalue weighted by Crippen LogP contribution is 2.31. The summed E-state index contributed by atoms with van der Waals surface area (Å²) in [5, 5.41) is 8.80. The zero-order chi connectivity index (χ0) is 14.4. The number of carbonyl (C=O) groups excluding carboxylic acids is 1. The van der Waals surface area contributed by atoms with E-state index in [2.05, 4.69) is 20.9 Å². The molecule has 0 aliphatic carbocycles. The van der Waals surface area contributed by atoms with Crippen LogP contribution >= 0.6 is 15.9 Å². The SMILES string of the molecule is O=C(O)c1[nH]c2ccc(Br)cc2c1C(=O)C(F)(F)F. The Morgan fingerprint density at radius 2 is 1.89 bits per heavy atom. The van der Waals surface area contributed by atoms with Crippen molar-refractivity contribution in [1.82, 2.24) is 4.98 Å². The second kappa shape index (κ2) is 4.37. The van der Waals surface area contributed by atoms with Crippen LogP contribution in [0.5, 0.6) is 0 Å². The van der Waals surface area contributed by atoms with E-state index in [1.165, 1.54) is 18.2 Å². The molecule has 2 rings (SSSR count). The number of hydrogen-bond acceptors (Lipinski definition) is 2. The van der Waals surface area contributed by atoms with Gasteiger partial charge in [-0.2, -0.15) is 13.2 Å². The number of benzene rings is 1. The van der Waals surface area contributed by atoms with E-state index in [-0.39, 0.29) is 10.9 Å². The maximum atomic E-state index is 12.5. The molecule has 2 N–H and O–H groups in total. The normalized spacial score (nSPS) is 11.8. The molecule has 0 spiro atoms. The number of hydrogen-bond donors (Lipinski definition) is 2. The lowest BCUT2D eigenvalue weighted by Crippen LogP contribution is -2.24. The van der Waals surface area contributed by atoms with Crippen molar-refractivity contribution in [2.24, 2.45) is 0 Å². The molecule has 1 heterocycles. The fourth-order valence-corrected chi connectivity index (χ4v) is 2.06. The molecule has 0 aliphatic heterocycles. The first-order chi connectivity index (χ1) is 8.71. The van der Waals surface area contributed by atoms with Crippen LogP contribution in [-0.4, -0.2) is 28.0 Å². The Balaban J connectivity index is 2.82. The Morgan fingerprint density at radius 3 is 2.42 bits per heavy atom. The van der Waals surface area contributed by atoms with E-state index < -0.39 is 29.2 Å². The summed E-state index contributed by atoms with van der Waals surface area (Å²) in [6.07, 6.45) is -5.14. The molecule has 0 bridgehead atoms. The first kappa shape index (κ1) is 13.6. The molecule has 1 aromatic carbocycles. The van der Waals surface area contributed by atoms with Crippen molar-refractivity contribution in [1.29, 1.82) is 0 Å². The minimum atomic E-state index is -5.14. The van der Waals surface area contributed by atoms with Crippen molar-refractivity contribution in [2.45, 2.75) is 6.18 Å². The Bertz CT molecular complexity index is 690. The molecule has 0 atom stereocenters. The van der Waals surface area contributed by atoms with Crippen molar-refractivity contribution in [3.8, 4) is 0 Å². The van der Waals surface area contributed by atoms with Crippen molar-refractivity contribution in [3.05, 3.63) is 33.9 Å². The zero-order valence-electron chi connectivity index (χ0n) is 9.01. The van der Waals surface area contributed by atoms with E-state index >= 15 is 0 Å². The minimum absolute atomic E-state index is 0.0888. The van der Waals surface area contributed by atoms with Crippen LogP contribution < -0.4 is 0 Å². The fraction of sp³-hybridized carbons (Fsp3) is 0.0909. The van der Waals surface area contributed by atoms with E-state index in [1.807, 2.05) is 0 Å². The summed E-state index contributed by atoms with van der Waals surface area (Å²) in [5.41, 5.74) is -1.50. The maximum absolute atomic E-state index is 12.5. The number of carboxylic acid groups (broad SMARTS) is 1. The number of aromatic carboxylic acids is 1. The first-order valence-corrected chi connectivity index (χ1v) is 5.67. The number of carboxylic acids is 1. The van der Waals surface area contributed by atoms with Gasteiger partial charge in [0.2, 0.25) is 0 Å². The minimum Gasteiger partial charge on any atom is -0.477 e. The van der Waals surface area contributed by atoms with Gasteiger partial charge in [-0.3, -0.25) is 4.79 Å². The fourth-order valence-electron chi connectivity index (χ4n) is 1.70. The second-order valence-electron chi connectivity index (χ2n) is 3.70. The number of ketones is 1. The number of aromatic nitrogens is 1. The largest absolute Gasteiger partial charge is 0.477 e. The van der Waals surface area contributed by atoms with Gasteiger partial charge in [0.1, 0.15) is 5.69 Å². The smallest absolute Gasteiger partial charge is 0.454 e. The Hall–Kier alpha value is -1.83. The highest BCUT2D eigenvalue weighted by molar-refractivity contribution is 9.10. The third kappa shape index (κ3) is 2.35. The topological polar surface area (TPSA) is 70.2 Å². The number of alkyl halides is 3. The molecule has 0 radical (unpaired) electrons. The van der Waals surface area contributed by atoms with Gasteiger partial charge in [0.15, 0.2) is 0 Å². The summed E-state index contributed by atoms with van der Waals surface area (Å²) in [4.78, 5) is 24.6. The van der Waals surface area contributed by atoms with Gasteiger partial charge >= 0.3 is 12.1 Å². The molecular weight excluding hydrogens is 331 g/mol. The molecule has 0 unspecified atom stereocenters. The average Bonchev–Trinajstić information content (AvgIpc) is 2.65. The summed E-state index contributed by atoms with van der Waals surface area (Å²) >= 11 is 3.06.